The quantitative estimate of drug-likeness (QED) is 0.253. The zero-order valence-corrected chi connectivity index (χ0v) is 21.3. The highest BCUT2D eigenvalue weighted by Gasteiger charge is 2.12. The highest BCUT2D eigenvalue weighted by Crippen LogP contribution is 2.18. The fraction of sp³-hybridized carbons (Fsp3) is 0.409. The van der Waals surface area contributed by atoms with Crippen LogP contribution < -0.4 is 10.6 Å². The number of hydrogen-bond acceptors (Lipinski definition) is 4. The molecule has 0 aliphatic carbocycles. The molecule has 0 amide bonds. The highest BCUT2D eigenvalue weighted by atomic mass is 127. The van der Waals surface area contributed by atoms with Gasteiger partial charge in [-0.2, -0.15) is 5.10 Å². The molecule has 0 atom stereocenters. The number of nitrogens with zero attached hydrogens (tertiary/aromatic N) is 4. The number of thiazole rings is 1. The van der Waals surface area contributed by atoms with Gasteiger partial charge in [0, 0.05) is 41.8 Å². The molecule has 0 bridgehead atoms. The molecule has 3 rings (SSSR count). The number of guanidine groups is 1. The Morgan fingerprint density at radius 1 is 1.13 bits per heavy atom. The minimum absolute atomic E-state index is 0. The first-order valence-corrected chi connectivity index (χ1v) is 11.0. The van der Waals surface area contributed by atoms with Gasteiger partial charge in [0.1, 0.15) is 0 Å². The third-order valence-electron chi connectivity index (χ3n) is 4.76. The van der Waals surface area contributed by atoms with Gasteiger partial charge in [0.2, 0.25) is 0 Å². The molecule has 0 aliphatic rings. The van der Waals surface area contributed by atoms with Gasteiger partial charge < -0.3 is 10.6 Å². The van der Waals surface area contributed by atoms with Gasteiger partial charge in [-0.3, -0.25) is 0 Å². The van der Waals surface area contributed by atoms with Crippen LogP contribution in [0.3, 0.4) is 0 Å². The number of aromatic nitrogens is 3. The van der Waals surface area contributed by atoms with E-state index in [0.29, 0.717) is 6.54 Å². The van der Waals surface area contributed by atoms with Crippen LogP contribution in [0.4, 0.5) is 0 Å². The van der Waals surface area contributed by atoms with Crippen molar-refractivity contribution >= 4 is 41.3 Å². The molecule has 2 heterocycles. The van der Waals surface area contributed by atoms with Crippen LogP contribution in [0.1, 0.15) is 40.7 Å². The Labute approximate surface area is 200 Å². The molecular weight excluding hydrogens is 507 g/mol. The summed E-state index contributed by atoms with van der Waals surface area (Å²) in [7, 11) is 0. The van der Waals surface area contributed by atoms with E-state index in [1.165, 1.54) is 15.4 Å². The van der Waals surface area contributed by atoms with Crippen LogP contribution in [0.25, 0.3) is 5.69 Å². The zero-order valence-electron chi connectivity index (χ0n) is 18.1. The molecule has 0 unspecified atom stereocenters. The Morgan fingerprint density at radius 2 is 1.90 bits per heavy atom. The SMILES string of the molecule is CCNC(=NCc1c(C)nn(-c2ccccc2)c1C)NCCc1ncc(CC)s1.I. The lowest BCUT2D eigenvalue weighted by Gasteiger charge is -2.11. The third kappa shape index (κ3) is 6.28. The minimum Gasteiger partial charge on any atom is -0.357 e. The monoisotopic (exact) mass is 538 g/mol. The molecule has 0 saturated carbocycles. The Balaban J connectivity index is 0.00000320. The van der Waals surface area contributed by atoms with Crippen molar-refractivity contribution in [1.82, 2.24) is 25.4 Å². The molecule has 8 heteroatoms. The summed E-state index contributed by atoms with van der Waals surface area (Å²) in [6.45, 7) is 10.6. The van der Waals surface area contributed by atoms with E-state index in [4.69, 9.17) is 10.1 Å². The van der Waals surface area contributed by atoms with E-state index in [1.807, 2.05) is 36.0 Å². The van der Waals surface area contributed by atoms with E-state index in [1.54, 1.807) is 11.3 Å². The molecule has 2 aromatic heterocycles. The second-order valence-electron chi connectivity index (χ2n) is 6.84. The predicted octanol–water partition coefficient (Wildman–Crippen LogP) is 4.42. The van der Waals surface area contributed by atoms with Gasteiger partial charge in [0.25, 0.3) is 0 Å². The van der Waals surface area contributed by atoms with Gasteiger partial charge >= 0.3 is 0 Å². The molecule has 2 N–H and O–H groups in total. The summed E-state index contributed by atoms with van der Waals surface area (Å²) >= 11 is 1.79. The van der Waals surface area contributed by atoms with Crippen molar-refractivity contribution in [2.75, 3.05) is 13.1 Å². The minimum atomic E-state index is 0. The van der Waals surface area contributed by atoms with Crippen molar-refractivity contribution in [3.05, 3.63) is 63.4 Å². The van der Waals surface area contributed by atoms with Gasteiger partial charge in [-0.15, -0.1) is 35.3 Å². The molecule has 0 spiro atoms. The van der Waals surface area contributed by atoms with Crippen LogP contribution in [0.5, 0.6) is 0 Å². The molecule has 0 fully saturated rings. The van der Waals surface area contributed by atoms with Crippen LogP contribution >= 0.6 is 35.3 Å². The normalized spacial score (nSPS) is 11.3. The molecule has 6 nitrogen and oxygen atoms in total. The van der Waals surface area contributed by atoms with Crippen LogP contribution in [0, 0.1) is 13.8 Å². The van der Waals surface area contributed by atoms with Crippen LogP contribution in [-0.4, -0.2) is 33.8 Å². The maximum Gasteiger partial charge on any atom is 0.191 e. The van der Waals surface area contributed by atoms with E-state index in [-0.39, 0.29) is 24.0 Å². The van der Waals surface area contributed by atoms with Gasteiger partial charge in [-0.25, -0.2) is 14.7 Å². The predicted molar refractivity (Wildman–Crippen MR) is 136 cm³/mol. The van der Waals surface area contributed by atoms with Crippen LogP contribution in [0.15, 0.2) is 41.5 Å². The maximum atomic E-state index is 4.79. The Hall–Kier alpha value is -1.94. The molecular formula is C22H31IN6S. The van der Waals surface area contributed by atoms with Crippen molar-refractivity contribution in [3.63, 3.8) is 0 Å². The largest absolute Gasteiger partial charge is 0.357 e. The van der Waals surface area contributed by atoms with Gasteiger partial charge in [-0.1, -0.05) is 25.1 Å². The summed E-state index contributed by atoms with van der Waals surface area (Å²) in [4.78, 5) is 10.6. The topological polar surface area (TPSA) is 67.1 Å². The number of aryl methyl sites for hydroxylation is 2. The number of para-hydroxylation sites is 1. The molecule has 1 aromatic carbocycles. The number of nitrogens with one attached hydrogen (secondary N) is 2. The molecule has 30 heavy (non-hydrogen) atoms. The molecule has 162 valence electrons. The van der Waals surface area contributed by atoms with Crippen molar-refractivity contribution in [2.45, 2.75) is 47.1 Å². The lowest BCUT2D eigenvalue weighted by atomic mass is 10.2. The Bertz CT molecular complexity index is 948. The van der Waals surface area contributed by atoms with Gasteiger partial charge in [0.15, 0.2) is 5.96 Å². The van der Waals surface area contributed by atoms with Crippen LogP contribution in [-0.2, 0) is 19.4 Å². The standard InChI is InChI=1S/C22H30N6S.HI/c1-5-19-14-25-21(29-19)12-13-24-22(23-6-2)26-15-20-16(3)27-28(17(20)4)18-10-8-7-9-11-18;/h7-11,14H,5-6,12-13,15H2,1-4H3,(H2,23,24,26);1H. The van der Waals surface area contributed by atoms with E-state index in [0.717, 1.165) is 49.0 Å². The number of hydrogen-bond donors (Lipinski definition) is 2. The summed E-state index contributed by atoms with van der Waals surface area (Å²) in [5, 5.41) is 12.6. The summed E-state index contributed by atoms with van der Waals surface area (Å²) < 4.78 is 1.99. The average molecular weight is 539 g/mol. The smallest absolute Gasteiger partial charge is 0.191 e. The highest BCUT2D eigenvalue weighted by molar-refractivity contribution is 14.0. The summed E-state index contributed by atoms with van der Waals surface area (Å²) in [6, 6.07) is 10.2. The summed E-state index contributed by atoms with van der Waals surface area (Å²) in [6.07, 6.45) is 3.93. The second kappa shape index (κ2) is 12.0. The number of halogens is 1. The summed E-state index contributed by atoms with van der Waals surface area (Å²) in [5.41, 5.74) is 4.38. The lowest BCUT2D eigenvalue weighted by molar-refractivity contribution is 0.795. The first-order valence-electron chi connectivity index (χ1n) is 10.2. The van der Waals surface area contributed by atoms with E-state index in [2.05, 4.69) is 48.5 Å². The first-order chi connectivity index (χ1) is 14.1. The Kier molecular flexibility index (Phi) is 9.77. The average Bonchev–Trinajstić information content (AvgIpc) is 3.31. The van der Waals surface area contributed by atoms with Crippen molar-refractivity contribution in [1.29, 1.82) is 0 Å². The van der Waals surface area contributed by atoms with Crippen molar-refractivity contribution < 1.29 is 0 Å². The second-order valence-corrected chi connectivity index (χ2v) is 8.04. The van der Waals surface area contributed by atoms with E-state index < -0.39 is 0 Å². The Morgan fingerprint density at radius 3 is 2.57 bits per heavy atom. The molecule has 0 radical (unpaired) electrons. The van der Waals surface area contributed by atoms with E-state index >= 15 is 0 Å². The summed E-state index contributed by atoms with van der Waals surface area (Å²) in [5.74, 6) is 0.825. The molecule has 0 aliphatic heterocycles. The molecule has 3 aromatic rings. The van der Waals surface area contributed by atoms with Crippen molar-refractivity contribution in [3.8, 4) is 5.69 Å². The number of aliphatic imine (C=N–C) groups is 1. The zero-order chi connectivity index (χ0) is 20.6. The lowest BCUT2D eigenvalue weighted by Crippen LogP contribution is -2.38. The van der Waals surface area contributed by atoms with Gasteiger partial charge in [0.05, 0.1) is 22.9 Å². The first kappa shape index (κ1) is 24.3. The fourth-order valence-corrected chi connectivity index (χ4v) is 4.00. The van der Waals surface area contributed by atoms with E-state index in [9.17, 15) is 0 Å². The number of rotatable bonds is 8. The number of benzene rings is 1. The maximum absolute atomic E-state index is 4.79. The van der Waals surface area contributed by atoms with Crippen LogP contribution in [0.2, 0.25) is 0 Å². The molecule has 0 saturated heterocycles. The third-order valence-corrected chi connectivity index (χ3v) is 5.96. The van der Waals surface area contributed by atoms with Gasteiger partial charge in [-0.05, 0) is 39.3 Å². The van der Waals surface area contributed by atoms with Crippen molar-refractivity contribution in [2.24, 2.45) is 4.99 Å². The fourth-order valence-electron chi connectivity index (χ4n) is 3.14.